The van der Waals surface area contributed by atoms with E-state index in [0.29, 0.717) is 41.4 Å². The van der Waals surface area contributed by atoms with Gasteiger partial charge in [-0.3, -0.25) is 4.99 Å². The largest absolute Gasteiger partial charge is 0.360 e. The summed E-state index contributed by atoms with van der Waals surface area (Å²) in [7, 11) is 0. The van der Waals surface area contributed by atoms with Crippen molar-refractivity contribution >= 4 is 11.4 Å². The van der Waals surface area contributed by atoms with Crippen LogP contribution in [0.1, 0.15) is 55.2 Å². The lowest BCUT2D eigenvalue weighted by molar-refractivity contribution is 0.250. The fourth-order valence-electron chi connectivity index (χ4n) is 3.66. The first-order chi connectivity index (χ1) is 13.1. The minimum atomic E-state index is -0.569. The Kier molecular flexibility index (Phi) is 5.19. The molecule has 2 heterocycles. The second kappa shape index (κ2) is 7.30. The van der Waals surface area contributed by atoms with Crippen LogP contribution in [0.2, 0.25) is 0 Å². The first kappa shape index (κ1) is 19.9. The number of rotatable bonds is 4. The quantitative estimate of drug-likeness (QED) is 0.725. The number of aliphatic imine (C=N–C) groups is 1. The Balaban J connectivity index is 1.96. The molecule has 0 radical (unpaired) electrons. The van der Waals surface area contributed by atoms with E-state index in [2.05, 4.69) is 28.3 Å². The van der Waals surface area contributed by atoms with E-state index in [-0.39, 0.29) is 11.6 Å². The van der Waals surface area contributed by atoms with Crippen LogP contribution in [0.3, 0.4) is 0 Å². The zero-order valence-electron chi connectivity index (χ0n) is 17.0. The third-order valence-electron chi connectivity index (χ3n) is 5.22. The van der Waals surface area contributed by atoms with Crippen molar-refractivity contribution in [2.75, 3.05) is 6.54 Å². The Morgan fingerprint density at radius 1 is 1.14 bits per heavy atom. The molecular formula is C21H25F2N5. The van der Waals surface area contributed by atoms with Gasteiger partial charge in [0.05, 0.1) is 11.8 Å². The summed E-state index contributed by atoms with van der Waals surface area (Å²) >= 11 is 0. The molecule has 0 saturated carbocycles. The molecule has 0 aliphatic carbocycles. The molecule has 0 N–H and O–H groups in total. The lowest BCUT2D eigenvalue weighted by atomic mass is 10.00. The van der Waals surface area contributed by atoms with E-state index in [1.807, 2.05) is 30.2 Å². The second-order valence-electron chi connectivity index (χ2n) is 7.25. The molecule has 7 heteroatoms. The van der Waals surface area contributed by atoms with E-state index in [4.69, 9.17) is 0 Å². The van der Waals surface area contributed by atoms with Crippen molar-refractivity contribution in [1.29, 1.82) is 0 Å². The van der Waals surface area contributed by atoms with Gasteiger partial charge in [0.2, 0.25) is 0 Å². The van der Waals surface area contributed by atoms with Crippen molar-refractivity contribution in [2.24, 2.45) is 4.99 Å². The van der Waals surface area contributed by atoms with E-state index in [1.54, 1.807) is 6.92 Å². The molecule has 1 aliphatic rings. The third kappa shape index (κ3) is 3.25. The van der Waals surface area contributed by atoms with Gasteiger partial charge in [-0.1, -0.05) is 13.2 Å². The normalized spacial score (nSPS) is 16.9. The zero-order chi connectivity index (χ0) is 20.7. The number of hydrogen-bond donors (Lipinski definition) is 0. The van der Waals surface area contributed by atoms with Gasteiger partial charge < -0.3 is 9.47 Å². The molecule has 148 valence electrons. The van der Waals surface area contributed by atoms with Gasteiger partial charge in [0.15, 0.2) is 11.6 Å². The summed E-state index contributed by atoms with van der Waals surface area (Å²) in [4.78, 5) is 6.39. The molecule has 1 aliphatic heterocycles. The Hall–Kier alpha value is -2.83. The fourth-order valence-corrected chi connectivity index (χ4v) is 3.66. The summed E-state index contributed by atoms with van der Waals surface area (Å²) in [6, 6.07) is 1.21. The standard InChI is InChI=1S/C21H25F2N5/c1-11(2)24-14(5)20-25-26-21-16(7)27(8-9-28(20)21)15(6)17-10-18(22)13(4)19(23)12(17)3/h10,16H,1,6,8-9H2,2-5,7H3/t16-/m1/s1. The van der Waals surface area contributed by atoms with E-state index in [0.717, 1.165) is 11.5 Å². The molecule has 2 aromatic rings. The Morgan fingerprint density at radius 3 is 2.46 bits per heavy atom. The number of fused-ring (bicyclic) bond motifs is 1. The Labute approximate surface area is 164 Å². The number of nitrogens with zero attached hydrogens (tertiary/aromatic N) is 5. The van der Waals surface area contributed by atoms with Gasteiger partial charge >= 0.3 is 0 Å². The maximum absolute atomic E-state index is 14.4. The molecule has 0 amide bonds. The minimum Gasteiger partial charge on any atom is -0.360 e. The molecule has 28 heavy (non-hydrogen) atoms. The molecule has 0 saturated heterocycles. The second-order valence-corrected chi connectivity index (χ2v) is 7.25. The van der Waals surface area contributed by atoms with Crippen LogP contribution in [0.4, 0.5) is 8.78 Å². The first-order valence-corrected chi connectivity index (χ1v) is 9.18. The van der Waals surface area contributed by atoms with E-state index in [9.17, 15) is 8.78 Å². The molecule has 0 spiro atoms. The maximum Gasteiger partial charge on any atom is 0.178 e. The highest BCUT2D eigenvalue weighted by atomic mass is 19.1. The number of aromatic nitrogens is 3. The van der Waals surface area contributed by atoms with Gasteiger partial charge in [0, 0.05) is 35.6 Å². The topological polar surface area (TPSA) is 46.3 Å². The van der Waals surface area contributed by atoms with Crippen molar-refractivity contribution in [3.8, 4) is 0 Å². The van der Waals surface area contributed by atoms with Crippen molar-refractivity contribution in [3.05, 3.63) is 64.9 Å². The van der Waals surface area contributed by atoms with Crippen molar-refractivity contribution in [1.82, 2.24) is 19.7 Å². The third-order valence-corrected chi connectivity index (χ3v) is 5.22. The number of hydrogen-bond acceptors (Lipinski definition) is 4. The van der Waals surface area contributed by atoms with Crippen LogP contribution in [0.25, 0.3) is 5.70 Å². The van der Waals surface area contributed by atoms with Gasteiger partial charge in [0.1, 0.15) is 11.6 Å². The summed E-state index contributed by atoms with van der Waals surface area (Å²) in [6.45, 7) is 17.9. The predicted molar refractivity (Wildman–Crippen MR) is 107 cm³/mol. The van der Waals surface area contributed by atoms with Gasteiger partial charge in [-0.05, 0) is 46.2 Å². The summed E-state index contributed by atoms with van der Waals surface area (Å²) in [5.41, 5.74) is 2.93. The van der Waals surface area contributed by atoms with Crippen molar-refractivity contribution in [3.63, 3.8) is 0 Å². The van der Waals surface area contributed by atoms with E-state index < -0.39 is 11.6 Å². The highest BCUT2D eigenvalue weighted by Crippen LogP contribution is 2.34. The van der Waals surface area contributed by atoms with E-state index in [1.165, 1.54) is 13.0 Å². The Bertz CT molecular complexity index is 1000. The molecule has 3 rings (SSSR count). The first-order valence-electron chi connectivity index (χ1n) is 9.18. The fraction of sp³-hybridized carbons (Fsp3) is 0.381. The summed E-state index contributed by atoms with van der Waals surface area (Å²) in [5, 5.41) is 8.63. The van der Waals surface area contributed by atoms with Crippen molar-refractivity contribution < 1.29 is 8.78 Å². The van der Waals surface area contributed by atoms with Gasteiger partial charge in [0.25, 0.3) is 0 Å². The number of allylic oxidation sites excluding steroid dienone is 1. The minimum absolute atomic E-state index is 0.0254. The Morgan fingerprint density at radius 2 is 1.82 bits per heavy atom. The number of halogens is 2. The summed E-state index contributed by atoms with van der Waals surface area (Å²) in [6.07, 6.45) is 0. The molecule has 0 unspecified atom stereocenters. The number of benzene rings is 1. The van der Waals surface area contributed by atoms with Gasteiger partial charge in [-0.2, -0.15) is 0 Å². The molecule has 1 aromatic heterocycles. The lowest BCUT2D eigenvalue weighted by Crippen LogP contribution is -2.36. The molecular weight excluding hydrogens is 360 g/mol. The van der Waals surface area contributed by atoms with Crippen LogP contribution >= 0.6 is 0 Å². The van der Waals surface area contributed by atoms with Crippen molar-refractivity contribution in [2.45, 2.75) is 47.2 Å². The average molecular weight is 385 g/mol. The van der Waals surface area contributed by atoms with Gasteiger partial charge in [-0.15, -0.1) is 10.2 Å². The smallest absolute Gasteiger partial charge is 0.178 e. The van der Waals surface area contributed by atoms with Crippen LogP contribution < -0.4 is 0 Å². The predicted octanol–water partition coefficient (Wildman–Crippen LogP) is 4.56. The van der Waals surface area contributed by atoms with Crippen LogP contribution in [-0.4, -0.2) is 31.9 Å². The summed E-state index contributed by atoms with van der Waals surface area (Å²) < 4.78 is 30.5. The monoisotopic (exact) mass is 385 g/mol. The summed E-state index contributed by atoms with van der Waals surface area (Å²) in [5.74, 6) is 0.377. The molecule has 0 fully saturated rings. The molecule has 1 aromatic carbocycles. The highest BCUT2D eigenvalue weighted by Gasteiger charge is 2.31. The van der Waals surface area contributed by atoms with Crippen LogP contribution in [-0.2, 0) is 6.54 Å². The molecule has 1 atom stereocenters. The highest BCUT2D eigenvalue weighted by molar-refractivity contribution is 5.96. The van der Waals surface area contributed by atoms with Crippen LogP contribution in [0.15, 0.2) is 29.9 Å². The van der Waals surface area contributed by atoms with Crippen LogP contribution in [0.5, 0.6) is 0 Å². The molecule has 0 bridgehead atoms. The maximum atomic E-state index is 14.4. The van der Waals surface area contributed by atoms with E-state index >= 15 is 0 Å². The van der Waals surface area contributed by atoms with Gasteiger partial charge in [-0.25, -0.2) is 8.78 Å². The lowest BCUT2D eigenvalue weighted by Gasteiger charge is -2.37. The zero-order valence-corrected chi connectivity index (χ0v) is 17.0. The van der Waals surface area contributed by atoms with Crippen LogP contribution in [0, 0.1) is 25.5 Å². The molecule has 5 nitrogen and oxygen atoms in total. The average Bonchev–Trinajstić information content (AvgIpc) is 3.07. The SMILES string of the molecule is C=C(C)N=C(C)c1nnc2n1CCN(C(=C)c1cc(F)c(C)c(F)c1C)[C@@H]2C.